The number of aromatic carboxylic acids is 1. The molecule has 0 aliphatic rings. The monoisotopic (exact) mass is 221 g/mol. The van der Waals surface area contributed by atoms with E-state index in [9.17, 15) is 9.18 Å². The van der Waals surface area contributed by atoms with Gasteiger partial charge in [0.15, 0.2) is 0 Å². The van der Waals surface area contributed by atoms with Crippen LogP contribution in [-0.4, -0.2) is 22.3 Å². The highest BCUT2D eigenvalue weighted by atomic mass is 19.1. The normalized spacial score (nSPS) is 10.8. The van der Waals surface area contributed by atoms with Crippen molar-refractivity contribution in [2.45, 2.75) is 13.0 Å². The first-order valence-corrected chi connectivity index (χ1v) is 5.10. The van der Waals surface area contributed by atoms with Crippen molar-refractivity contribution in [1.82, 2.24) is 4.57 Å². The molecule has 0 atom stereocenters. The number of hydrogen-bond acceptors (Lipinski definition) is 1. The van der Waals surface area contributed by atoms with Crippen LogP contribution in [-0.2, 0) is 6.54 Å². The molecule has 3 nitrogen and oxygen atoms in total. The van der Waals surface area contributed by atoms with Crippen molar-refractivity contribution < 1.29 is 14.3 Å². The molecule has 4 heteroatoms. The number of rotatable bonds is 4. The highest BCUT2D eigenvalue weighted by Crippen LogP contribution is 2.18. The Morgan fingerprint density at radius 2 is 2.19 bits per heavy atom. The van der Waals surface area contributed by atoms with Gasteiger partial charge in [-0.2, -0.15) is 0 Å². The third kappa shape index (κ3) is 1.91. The van der Waals surface area contributed by atoms with Crippen molar-refractivity contribution in [3.8, 4) is 0 Å². The van der Waals surface area contributed by atoms with Gasteiger partial charge in [-0.3, -0.25) is 4.39 Å². The number of benzene rings is 1. The molecule has 0 aliphatic carbocycles. The lowest BCUT2D eigenvalue weighted by Gasteiger charge is -2.03. The zero-order valence-corrected chi connectivity index (χ0v) is 8.69. The van der Waals surface area contributed by atoms with E-state index < -0.39 is 5.97 Å². The number of nitrogens with zero attached hydrogens (tertiary/aromatic N) is 1. The van der Waals surface area contributed by atoms with Gasteiger partial charge < -0.3 is 9.67 Å². The van der Waals surface area contributed by atoms with Crippen molar-refractivity contribution >= 4 is 16.9 Å². The first kappa shape index (κ1) is 10.7. The molecule has 1 N–H and O–H groups in total. The van der Waals surface area contributed by atoms with Gasteiger partial charge in [0.2, 0.25) is 0 Å². The Balaban J connectivity index is 2.43. The van der Waals surface area contributed by atoms with E-state index in [1.807, 2.05) is 16.8 Å². The van der Waals surface area contributed by atoms with Gasteiger partial charge in [0.05, 0.1) is 12.2 Å². The lowest BCUT2D eigenvalue weighted by Crippen LogP contribution is -1.99. The topological polar surface area (TPSA) is 42.2 Å². The standard InChI is InChI=1S/C12H12FNO2/c13-5-1-6-14-7-4-9-2-3-10(12(15)16)8-11(9)14/h2-4,7-8H,1,5-6H2,(H,15,16). The van der Waals surface area contributed by atoms with Gasteiger partial charge in [-0.25, -0.2) is 4.79 Å². The molecule has 0 saturated carbocycles. The Labute approximate surface area is 92.1 Å². The maximum atomic E-state index is 12.1. The average Bonchev–Trinajstić information content (AvgIpc) is 2.68. The minimum absolute atomic E-state index is 0.257. The van der Waals surface area contributed by atoms with Crippen LogP contribution < -0.4 is 0 Å². The lowest BCUT2D eigenvalue weighted by molar-refractivity contribution is 0.0697. The Morgan fingerprint density at radius 1 is 1.38 bits per heavy atom. The molecule has 0 saturated heterocycles. The third-order valence-corrected chi connectivity index (χ3v) is 2.55. The van der Waals surface area contributed by atoms with Crippen molar-refractivity contribution in [2.24, 2.45) is 0 Å². The van der Waals surface area contributed by atoms with E-state index in [0.29, 0.717) is 13.0 Å². The van der Waals surface area contributed by atoms with Crippen LogP contribution in [0, 0.1) is 0 Å². The SMILES string of the molecule is O=C(O)c1ccc2ccn(CCCF)c2c1. The largest absolute Gasteiger partial charge is 0.478 e. The number of aryl methyl sites for hydroxylation is 1. The zero-order chi connectivity index (χ0) is 11.5. The molecular weight excluding hydrogens is 209 g/mol. The molecule has 0 unspecified atom stereocenters. The molecule has 0 aliphatic heterocycles. The van der Waals surface area contributed by atoms with Gasteiger partial charge in [-0.1, -0.05) is 6.07 Å². The molecule has 2 aromatic rings. The molecule has 0 amide bonds. The first-order valence-electron chi connectivity index (χ1n) is 5.10. The second-order valence-corrected chi connectivity index (χ2v) is 3.63. The average molecular weight is 221 g/mol. The van der Waals surface area contributed by atoms with Crippen LogP contribution in [0.25, 0.3) is 10.9 Å². The van der Waals surface area contributed by atoms with Crippen molar-refractivity contribution in [1.29, 1.82) is 0 Å². The molecule has 2 rings (SSSR count). The number of hydrogen-bond donors (Lipinski definition) is 1. The molecule has 1 aromatic heterocycles. The van der Waals surface area contributed by atoms with Gasteiger partial charge in [0, 0.05) is 18.3 Å². The summed E-state index contributed by atoms with van der Waals surface area (Å²) >= 11 is 0. The Hall–Kier alpha value is -1.84. The van der Waals surface area contributed by atoms with E-state index in [0.717, 1.165) is 10.9 Å². The molecule has 84 valence electrons. The number of halogens is 1. The maximum absolute atomic E-state index is 12.1. The predicted octanol–water partition coefficient (Wildman–Crippen LogP) is 2.70. The molecule has 0 spiro atoms. The Kier molecular flexibility index (Phi) is 2.90. The second kappa shape index (κ2) is 4.35. The summed E-state index contributed by atoms with van der Waals surface area (Å²) in [7, 11) is 0. The summed E-state index contributed by atoms with van der Waals surface area (Å²) in [4.78, 5) is 10.8. The molecule has 1 aromatic carbocycles. The van der Waals surface area contributed by atoms with E-state index in [2.05, 4.69) is 0 Å². The molecular formula is C12H12FNO2. The fourth-order valence-corrected chi connectivity index (χ4v) is 1.74. The van der Waals surface area contributed by atoms with Crippen LogP contribution in [0.15, 0.2) is 30.5 Å². The summed E-state index contributed by atoms with van der Waals surface area (Å²) < 4.78 is 14.0. The van der Waals surface area contributed by atoms with Gasteiger partial charge in [0.1, 0.15) is 0 Å². The highest BCUT2D eigenvalue weighted by Gasteiger charge is 2.06. The van der Waals surface area contributed by atoms with E-state index in [1.54, 1.807) is 18.2 Å². The van der Waals surface area contributed by atoms with Crippen LogP contribution in [0.5, 0.6) is 0 Å². The number of carboxylic acid groups (broad SMARTS) is 1. The van der Waals surface area contributed by atoms with Crippen LogP contribution in [0.2, 0.25) is 0 Å². The summed E-state index contributed by atoms with van der Waals surface area (Å²) in [6, 6.07) is 6.87. The summed E-state index contributed by atoms with van der Waals surface area (Å²) in [6.45, 7) is 0.210. The number of alkyl halides is 1. The summed E-state index contributed by atoms with van der Waals surface area (Å²) in [5.41, 5.74) is 1.10. The fraction of sp³-hybridized carbons (Fsp3) is 0.250. The van der Waals surface area contributed by atoms with Gasteiger partial charge in [-0.15, -0.1) is 0 Å². The zero-order valence-electron chi connectivity index (χ0n) is 8.69. The fourth-order valence-electron chi connectivity index (χ4n) is 1.74. The van der Waals surface area contributed by atoms with E-state index in [-0.39, 0.29) is 12.2 Å². The smallest absolute Gasteiger partial charge is 0.335 e. The van der Waals surface area contributed by atoms with Gasteiger partial charge in [0.25, 0.3) is 0 Å². The Morgan fingerprint density at radius 3 is 2.88 bits per heavy atom. The summed E-state index contributed by atoms with van der Waals surface area (Å²) in [5, 5.41) is 9.86. The van der Waals surface area contributed by atoms with Crippen molar-refractivity contribution in [2.75, 3.05) is 6.67 Å². The van der Waals surface area contributed by atoms with E-state index in [1.165, 1.54) is 0 Å². The molecule has 1 heterocycles. The van der Waals surface area contributed by atoms with Gasteiger partial charge in [-0.05, 0) is 30.0 Å². The maximum Gasteiger partial charge on any atom is 0.335 e. The number of carboxylic acids is 1. The van der Waals surface area contributed by atoms with Crippen LogP contribution in [0.4, 0.5) is 4.39 Å². The molecule has 0 bridgehead atoms. The van der Waals surface area contributed by atoms with Crippen LogP contribution in [0.1, 0.15) is 16.8 Å². The van der Waals surface area contributed by atoms with Crippen molar-refractivity contribution in [3.05, 3.63) is 36.0 Å². The molecule has 0 fully saturated rings. The first-order chi connectivity index (χ1) is 7.72. The van der Waals surface area contributed by atoms with E-state index in [4.69, 9.17) is 5.11 Å². The highest BCUT2D eigenvalue weighted by molar-refractivity contribution is 5.93. The molecule has 16 heavy (non-hydrogen) atoms. The summed E-state index contributed by atoms with van der Waals surface area (Å²) in [5.74, 6) is -0.944. The second-order valence-electron chi connectivity index (χ2n) is 3.63. The lowest BCUT2D eigenvalue weighted by atomic mass is 10.1. The van der Waals surface area contributed by atoms with E-state index >= 15 is 0 Å². The summed E-state index contributed by atoms with van der Waals surface area (Å²) in [6.07, 6.45) is 2.30. The minimum Gasteiger partial charge on any atom is -0.478 e. The number of aromatic nitrogens is 1. The third-order valence-electron chi connectivity index (χ3n) is 2.55. The van der Waals surface area contributed by atoms with Crippen LogP contribution >= 0.6 is 0 Å². The minimum atomic E-state index is -0.944. The quantitative estimate of drug-likeness (QED) is 0.862. The Bertz CT molecular complexity index is 519. The number of carbonyl (C=O) groups is 1. The van der Waals surface area contributed by atoms with Crippen molar-refractivity contribution in [3.63, 3.8) is 0 Å². The number of fused-ring (bicyclic) bond motifs is 1. The van der Waals surface area contributed by atoms with Crippen LogP contribution in [0.3, 0.4) is 0 Å². The van der Waals surface area contributed by atoms with Gasteiger partial charge >= 0.3 is 5.97 Å². The predicted molar refractivity (Wildman–Crippen MR) is 59.5 cm³/mol. The molecule has 0 radical (unpaired) electrons.